The Balaban J connectivity index is 1.58. The zero-order valence-electron chi connectivity index (χ0n) is 16.2. The van der Waals surface area contributed by atoms with E-state index in [2.05, 4.69) is 53.8 Å². The fraction of sp³-hybridized carbons (Fsp3) is 0.417. The summed E-state index contributed by atoms with van der Waals surface area (Å²) in [6.07, 6.45) is 5.60. The first-order valence-electron chi connectivity index (χ1n) is 10.2. The fourth-order valence-electron chi connectivity index (χ4n) is 5.44. The van der Waals surface area contributed by atoms with Crippen LogP contribution in [0.1, 0.15) is 47.7 Å². The van der Waals surface area contributed by atoms with Gasteiger partial charge in [-0.2, -0.15) is 0 Å². The summed E-state index contributed by atoms with van der Waals surface area (Å²) >= 11 is 0. The number of rotatable bonds is 4. The fourth-order valence-corrected chi connectivity index (χ4v) is 5.44. The average molecular weight is 362 g/mol. The molecular weight excluding hydrogens is 335 g/mol. The molecule has 0 N–H and O–H groups in total. The SMILES string of the molecule is Cc1ccc(F)c2c1c1c(n2CCCc2ccccc2)CC2CCC1N2C. The van der Waals surface area contributed by atoms with Gasteiger partial charge in [0.05, 0.1) is 5.52 Å². The highest BCUT2D eigenvalue weighted by Gasteiger charge is 2.41. The molecule has 0 amide bonds. The lowest BCUT2D eigenvalue weighted by Crippen LogP contribution is -2.34. The minimum absolute atomic E-state index is 0.0664. The Morgan fingerprint density at radius 3 is 2.70 bits per heavy atom. The van der Waals surface area contributed by atoms with Gasteiger partial charge in [-0.25, -0.2) is 4.39 Å². The van der Waals surface area contributed by atoms with Gasteiger partial charge in [-0.3, -0.25) is 4.90 Å². The smallest absolute Gasteiger partial charge is 0.147 e. The van der Waals surface area contributed by atoms with Crippen molar-refractivity contribution in [1.82, 2.24) is 9.47 Å². The van der Waals surface area contributed by atoms with Crippen molar-refractivity contribution < 1.29 is 4.39 Å². The van der Waals surface area contributed by atoms with Crippen molar-refractivity contribution in [3.8, 4) is 0 Å². The summed E-state index contributed by atoms with van der Waals surface area (Å²) in [5, 5.41) is 1.18. The Bertz CT molecular complexity index is 989. The molecule has 140 valence electrons. The van der Waals surface area contributed by atoms with Crippen LogP contribution in [0.5, 0.6) is 0 Å². The van der Waals surface area contributed by atoms with Crippen molar-refractivity contribution in [3.05, 3.63) is 70.7 Å². The summed E-state index contributed by atoms with van der Waals surface area (Å²) in [5.41, 5.74) is 6.23. The third-order valence-electron chi connectivity index (χ3n) is 6.81. The summed E-state index contributed by atoms with van der Waals surface area (Å²) in [6.45, 7) is 3.03. The van der Waals surface area contributed by atoms with Gasteiger partial charge < -0.3 is 4.57 Å². The highest BCUT2D eigenvalue weighted by molar-refractivity contribution is 5.90. The zero-order valence-corrected chi connectivity index (χ0v) is 16.2. The van der Waals surface area contributed by atoms with E-state index in [9.17, 15) is 4.39 Å². The molecule has 3 heterocycles. The maximum absolute atomic E-state index is 15.0. The molecule has 0 aliphatic carbocycles. The lowest BCUT2D eigenvalue weighted by Gasteiger charge is -2.32. The van der Waals surface area contributed by atoms with Crippen LogP contribution in [0.4, 0.5) is 4.39 Å². The van der Waals surface area contributed by atoms with Crippen LogP contribution >= 0.6 is 0 Å². The van der Waals surface area contributed by atoms with E-state index in [0.29, 0.717) is 12.1 Å². The maximum atomic E-state index is 15.0. The van der Waals surface area contributed by atoms with Crippen molar-refractivity contribution >= 4 is 10.9 Å². The Morgan fingerprint density at radius 2 is 1.89 bits per heavy atom. The van der Waals surface area contributed by atoms with Crippen LogP contribution in [0.3, 0.4) is 0 Å². The number of hydrogen-bond donors (Lipinski definition) is 0. The first kappa shape index (κ1) is 17.0. The van der Waals surface area contributed by atoms with Crippen LogP contribution in [0.25, 0.3) is 10.9 Å². The lowest BCUT2D eigenvalue weighted by atomic mass is 9.95. The van der Waals surface area contributed by atoms with Crippen LogP contribution in [0.15, 0.2) is 42.5 Å². The van der Waals surface area contributed by atoms with Crippen molar-refractivity contribution in [1.29, 1.82) is 0 Å². The van der Waals surface area contributed by atoms with Crippen LogP contribution in [-0.4, -0.2) is 22.6 Å². The summed E-state index contributed by atoms with van der Waals surface area (Å²) in [5.74, 6) is -0.0664. The summed E-state index contributed by atoms with van der Waals surface area (Å²) in [7, 11) is 2.25. The average Bonchev–Trinajstić information content (AvgIpc) is 3.11. The molecular formula is C24H27FN2. The van der Waals surface area contributed by atoms with Gasteiger partial charge in [0.2, 0.25) is 0 Å². The monoisotopic (exact) mass is 362 g/mol. The molecule has 27 heavy (non-hydrogen) atoms. The second kappa shape index (κ2) is 6.49. The Kier molecular flexibility index (Phi) is 4.08. The van der Waals surface area contributed by atoms with Gasteiger partial charge in [0.15, 0.2) is 0 Å². The van der Waals surface area contributed by atoms with Crippen LogP contribution in [-0.2, 0) is 19.4 Å². The molecule has 2 aliphatic rings. The predicted molar refractivity (Wildman–Crippen MR) is 109 cm³/mol. The molecule has 3 heteroatoms. The first-order chi connectivity index (χ1) is 13.1. The Morgan fingerprint density at radius 1 is 1.07 bits per heavy atom. The van der Waals surface area contributed by atoms with E-state index in [0.717, 1.165) is 31.3 Å². The van der Waals surface area contributed by atoms with Gasteiger partial charge in [0.25, 0.3) is 0 Å². The highest BCUT2D eigenvalue weighted by Crippen LogP contribution is 2.48. The Hall–Kier alpha value is -2.13. The number of fused-ring (bicyclic) bond motifs is 6. The van der Waals surface area contributed by atoms with Crippen LogP contribution in [0.2, 0.25) is 0 Å². The van der Waals surface area contributed by atoms with Gasteiger partial charge in [-0.05, 0) is 62.4 Å². The molecule has 2 atom stereocenters. The van der Waals surface area contributed by atoms with Gasteiger partial charge in [0.1, 0.15) is 5.82 Å². The van der Waals surface area contributed by atoms with Gasteiger partial charge >= 0.3 is 0 Å². The number of hydrogen-bond acceptors (Lipinski definition) is 1. The minimum atomic E-state index is -0.0664. The largest absolute Gasteiger partial charge is 0.342 e. The van der Waals surface area contributed by atoms with E-state index in [1.54, 1.807) is 6.07 Å². The predicted octanol–water partition coefficient (Wildman–Crippen LogP) is 5.41. The third kappa shape index (κ3) is 2.63. The molecule has 2 aromatic carbocycles. The number of halogens is 1. The molecule has 2 unspecified atom stereocenters. The normalized spacial score (nSPS) is 21.7. The van der Waals surface area contributed by atoms with Gasteiger partial charge in [-0.1, -0.05) is 36.4 Å². The number of likely N-dealkylation sites (N-methyl/N-ethyl adjacent to an activating group) is 1. The molecule has 0 radical (unpaired) electrons. The molecule has 0 spiro atoms. The van der Waals surface area contributed by atoms with E-state index in [1.165, 1.54) is 40.6 Å². The summed E-state index contributed by atoms with van der Waals surface area (Å²) < 4.78 is 17.3. The molecule has 2 bridgehead atoms. The van der Waals surface area contributed by atoms with Crippen molar-refractivity contribution in [2.75, 3.05) is 7.05 Å². The van der Waals surface area contributed by atoms with E-state index >= 15 is 0 Å². The molecule has 3 aromatic rings. The molecule has 5 rings (SSSR count). The first-order valence-corrected chi connectivity index (χ1v) is 10.2. The molecule has 0 saturated carbocycles. The third-order valence-corrected chi connectivity index (χ3v) is 6.81. The number of nitrogens with zero attached hydrogens (tertiary/aromatic N) is 2. The van der Waals surface area contributed by atoms with E-state index in [1.807, 2.05) is 6.07 Å². The van der Waals surface area contributed by atoms with E-state index < -0.39 is 0 Å². The maximum Gasteiger partial charge on any atom is 0.147 e. The molecule has 1 saturated heterocycles. The second-order valence-electron chi connectivity index (χ2n) is 8.31. The van der Waals surface area contributed by atoms with Gasteiger partial charge in [-0.15, -0.1) is 0 Å². The number of benzene rings is 2. The lowest BCUT2D eigenvalue weighted by molar-refractivity contribution is 0.222. The van der Waals surface area contributed by atoms with E-state index in [4.69, 9.17) is 0 Å². The highest BCUT2D eigenvalue weighted by atomic mass is 19.1. The summed E-state index contributed by atoms with van der Waals surface area (Å²) in [4.78, 5) is 2.53. The standard InChI is InChI=1S/C24H27FN2/c1-16-10-12-19(25)24-22(16)23-20-13-11-18(26(20)2)15-21(23)27(24)14-6-9-17-7-4-3-5-8-17/h3-5,7-8,10,12,18,20H,6,9,11,13-15H2,1-2H3. The second-order valence-corrected chi connectivity index (χ2v) is 8.31. The van der Waals surface area contributed by atoms with Crippen molar-refractivity contribution in [2.45, 2.75) is 57.7 Å². The molecule has 2 aliphatic heterocycles. The molecule has 1 aromatic heterocycles. The summed E-state index contributed by atoms with van der Waals surface area (Å²) in [6, 6.07) is 15.3. The minimum Gasteiger partial charge on any atom is -0.342 e. The van der Waals surface area contributed by atoms with E-state index in [-0.39, 0.29) is 5.82 Å². The molecule has 2 nitrogen and oxygen atoms in total. The topological polar surface area (TPSA) is 8.17 Å². The van der Waals surface area contributed by atoms with Crippen molar-refractivity contribution in [2.24, 2.45) is 0 Å². The van der Waals surface area contributed by atoms with Crippen LogP contribution in [0, 0.1) is 12.7 Å². The van der Waals surface area contributed by atoms with Crippen molar-refractivity contribution in [3.63, 3.8) is 0 Å². The number of aromatic nitrogens is 1. The Labute approximate surface area is 160 Å². The van der Waals surface area contributed by atoms with Gasteiger partial charge in [0, 0.05) is 36.1 Å². The molecule has 1 fully saturated rings. The van der Waals surface area contributed by atoms with Crippen LogP contribution < -0.4 is 0 Å². The number of aryl methyl sites for hydroxylation is 3. The quantitative estimate of drug-likeness (QED) is 0.602. The zero-order chi connectivity index (χ0) is 18.5.